The number of anilines is 1. The van der Waals surface area contributed by atoms with Gasteiger partial charge in [-0.1, -0.05) is 55.8 Å². The predicted octanol–water partition coefficient (Wildman–Crippen LogP) is 4.28. The van der Waals surface area contributed by atoms with Crippen molar-refractivity contribution in [3.8, 4) is 0 Å². The minimum atomic E-state index is -3.56. The van der Waals surface area contributed by atoms with Crippen molar-refractivity contribution in [2.24, 2.45) is 0 Å². The SMILES string of the molecule is Cc1cccc(C(C)C)c1N1CCN(S(=O)(=O)c2ccccc2Cl)CC1. The Balaban J connectivity index is 1.82. The Morgan fingerprint density at radius 1 is 0.962 bits per heavy atom. The largest absolute Gasteiger partial charge is 0.368 e. The molecule has 0 N–H and O–H groups in total. The zero-order valence-corrected chi connectivity index (χ0v) is 17.0. The van der Waals surface area contributed by atoms with Crippen molar-refractivity contribution in [1.82, 2.24) is 4.31 Å². The topological polar surface area (TPSA) is 40.6 Å². The zero-order chi connectivity index (χ0) is 18.9. The molecule has 140 valence electrons. The maximum Gasteiger partial charge on any atom is 0.244 e. The molecule has 0 bridgehead atoms. The second kappa shape index (κ2) is 7.59. The Bertz CT molecular complexity index is 888. The van der Waals surface area contributed by atoms with Gasteiger partial charge < -0.3 is 4.90 Å². The van der Waals surface area contributed by atoms with Gasteiger partial charge >= 0.3 is 0 Å². The number of halogens is 1. The Morgan fingerprint density at radius 3 is 2.23 bits per heavy atom. The second-order valence-electron chi connectivity index (χ2n) is 6.99. The summed E-state index contributed by atoms with van der Waals surface area (Å²) in [5.41, 5.74) is 3.79. The van der Waals surface area contributed by atoms with Crippen molar-refractivity contribution in [3.05, 3.63) is 58.6 Å². The first-order valence-electron chi connectivity index (χ1n) is 8.91. The first-order chi connectivity index (χ1) is 12.3. The number of aryl methyl sites for hydroxylation is 1. The monoisotopic (exact) mass is 392 g/mol. The number of hydrogen-bond acceptors (Lipinski definition) is 3. The number of hydrogen-bond donors (Lipinski definition) is 0. The Morgan fingerprint density at radius 2 is 1.62 bits per heavy atom. The number of nitrogens with zero attached hydrogens (tertiary/aromatic N) is 2. The van der Waals surface area contributed by atoms with E-state index in [1.807, 2.05) is 0 Å². The minimum Gasteiger partial charge on any atom is -0.368 e. The fourth-order valence-corrected chi connectivity index (χ4v) is 5.44. The maximum absolute atomic E-state index is 12.9. The van der Waals surface area contributed by atoms with E-state index < -0.39 is 10.0 Å². The van der Waals surface area contributed by atoms with Crippen LogP contribution in [0.4, 0.5) is 5.69 Å². The average molecular weight is 393 g/mol. The van der Waals surface area contributed by atoms with Crippen LogP contribution in [-0.4, -0.2) is 38.9 Å². The molecule has 0 unspecified atom stereocenters. The van der Waals surface area contributed by atoms with Crippen LogP contribution in [-0.2, 0) is 10.0 Å². The van der Waals surface area contributed by atoms with E-state index in [1.165, 1.54) is 21.1 Å². The molecule has 0 saturated carbocycles. The summed E-state index contributed by atoms with van der Waals surface area (Å²) in [5, 5.41) is 0.274. The van der Waals surface area contributed by atoms with E-state index in [-0.39, 0.29) is 9.92 Å². The van der Waals surface area contributed by atoms with E-state index >= 15 is 0 Å². The van der Waals surface area contributed by atoms with Crippen molar-refractivity contribution in [2.45, 2.75) is 31.6 Å². The summed E-state index contributed by atoms with van der Waals surface area (Å²) in [6.07, 6.45) is 0. The molecule has 0 amide bonds. The van der Waals surface area contributed by atoms with Crippen molar-refractivity contribution in [1.29, 1.82) is 0 Å². The molecule has 0 radical (unpaired) electrons. The van der Waals surface area contributed by atoms with Crippen LogP contribution < -0.4 is 4.90 Å². The highest BCUT2D eigenvalue weighted by Gasteiger charge is 2.31. The first-order valence-corrected chi connectivity index (χ1v) is 10.7. The number of piperazine rings is 1. The smallest absolute Gasteiger partial charge is 0.244 e. The lowest BCUT2D eigenvalue weighted by molar-refractivity contribution is 0.384. The fourth-order valence-electron chi connectivity index (χ4n) is 3.52. The Kier molecular flexibility index (Phi) is 5.61. The van der Waals surface area contributed by atoms with Gasteiger partial charge in [-0.25, -0.2) is 8.42 Å². The third-order valence-electron chi connectivity index (χ3n) is 4.90. The van der Waals surface area contributed by atoms with Crippen LogP contribution in [0.15, 0.2) is 47.4 Å². The average Bonchev–Trinajstić information content (AvgIpc) is 2.62. The molecule has 1 heterocycles. The molecule has 26 heavy (non-hydrogen) atoms. The summed E-state index contributed by atoms with van der Waals surface area (Å²) in [7, 11) is -3.56. The van der Waals surface area contributed by atoms with Gasteiger partial charge in [0.05, 0.1) is 5.02 Å². The van der Waals surface area contributed by atoms with Crippen LogP contribution in [0.3, 0.4) is 0 Å². The molecule has 0 atom stereocenters. The summed E-state index contributed by atoms with van der Waals surface area (Å²) in [6.45, 7) is 8.77. The van der Waals surface area contributed by atoms with Gasteiger partial charge in [-0.05, 0) is 36.1 Å². The lowest BCUT2D eigenvalue weighted by Gasteiger charge is -2.37. The Hall–Kier alpha value is -1.56. The van der Waals surface area contributed by atoms with Gasteiger partial charge in [0.25, 0.3) is 0 Å². The van der Waals surface area contributed by atoms with E-state index in [2.05, 4.69) is 43.9 Å². The van der Waals surface area contributed by atoms with Gasteiger partial charge in [0.2, 0.25) is 10.0 Å². The van der Waals surface area contributed by atoms with Crippen LogP contribution in [0.2, 0.25) is 5.02 Å². The normalized spacial score (nSPS) is 16.3. The Labute approximate surface area is 161 Å². The second-order valence-corrected chi connectivity index (χ2v) is 9.30. The van der Waals surface area contributed by atoms with Crippen LogP contribution in [0, 0.1) is 6.92 Å². The summed E-state index contributed by atoms with van der Waals surface area (Å²) >= 11 is 6.11. The third-order valence-corrected chi connectivity index (χ3v) is 7.30. The van der Waals surface area contributed by atoms with E-state index in [4.69, 9.17) is 11.6 Å². The predicted molar refractivity (Wildman–Crippen MR) is 108 cm³/mol. The molecule has 6 heteroatoms. The van der Waals surface area contributed by atoms with E-state index in [0.29, 0.717) is 32.1 Å². The lowest BCUT2D eigenvalue weighted by atomic mass is 9.97. The van der Waals surface area contributed by atoms with Gasteiger partial charge in [-0.3, -0.25) is 0 Å². The molecule has 3 rings (SSSR count). The molecule has 0 aliphatic carbocycles. The van der Waals surface area contributed by atoms with Crippen LogP contribution >= 0.6 is 11.6 Å². The molecule has 0 spiro atoms. The summed E-state index contributed by atoms with van der Waals surface area (Å²) in [5.74, 6) is 0.426. The van der Waals surface area contributed by atoms with Crippen molar-refractivity contribution < 1.29 is 8.42 Å². The number of rotatable bonds is 4. The highest BCUT2D eigenvalue weighted by Crippen LogP contribution is 2.32. The molecule has 1 fully saturated rings. The summed E-state index contributed by atoms with van der Waals surface area (Å²) in [6, 6.07) is 13.0. The van der Waals surface area contributed by atoms with Gasteiger partial charge in [0.15, 0.2) is 0 Å². The van der Waals surface area contributed by atoms with E-state index in [0.717, 1.165) is 0 Å². The molecular weight excluding hydrogens is 368 g/mol. The van der Waals surface area contributed by atoms with Crippen molar-refractivity contribution >= 4 is 27.3 Å². The van der Waals surface area contributed by atoms with E-state index in [9.17, 15) is 8.42 Å². The highest BCUT2D eigenvalue weighted by molar-refractivity contribution is 7.89. The number of sulfonamides is 1. The maximum atomic E-state index is 12.9. The molecule has 1 aliphatic rings. The van der Waals surface area contributed by atoms with Gasteiger partial charge in [-0.2, -0.15) is 4.31 Å². The molecule has 2 aromatic carbocycles. The standard InChI is InChI=1S/C20H25ClN2O2S/c1-15(2)17-8-6-7-16(3)20(17)22-11-13-23(14-12-22)26(24,25)19-10-5-4-9-18(19)21/h4-10,15H,11-14H2,1-3H3. The minimum absolute atomic E-state index is 0.189. The summed E-state index contributed by atoms with van der Waals surface area (Å²) in [4.78, 5) is 2.50. The molecule has 0 aromatic heterocycles. The van der Waals surface area contributed by atoms with Crippen molar-refractivity contribution in [3.63, 3.8) is 0 Å². The van der Waals surface area contributed by atoms with Crippen LogP contribution in [0.25, 0.3) is 0 Å². The van der Waals surface area contributed by atoms with E-state index in [1.54, 1.807) is 24.3 Å². The summed E-state index contributed by atoms with van der Waals surface area (Å²) < 4.78 is 27.4. The van der Waals surface area contributed by atoms with Gasteiger partial charge in [-0.15, -0.1) is 0 Å². The highest BCUT2D eigenvalue weighted by atomic mass is 35.5. The molecule has 1 saturated heterocycles. The first kappa shape index (κ1) is 19.2. The van der Waals surface area contributed by atoms with Crippen LogP contribution in [0.5, 0.6) is 0 Å². The molecule has 2 aromatic rings. The van der Waals surface area contributed by atoms with Crippen molar-refractivity contribution in [2.75, 3.05) is 31.1 Å². The zero-order valence-electron chi connectivity index (χ0n) is 15.4. The fraction of sp³-hybridized carbons (Fsp3) is 0.400. The molecule has 4 nitrogen and oxygen atoms in total. The van der Waals surface area contributed by atoms with Gasteiger partial charge in [0, 0.05) is 31.9 Å². The number of para-hydroxylation sites is 1. The number of benzene rings is 2. The quantitative estimate of drug-likeness (QED) is 0.779. The van der Waals surface area contributed by atoms with Crippen LogP contribution in [0.1, 0.15) is 30.9 Å². The lowest BCUT2D eigenvalue weighted by Crippen LogP contribution is -2.49. The van der Waals surface area contributed by atoms with Gasteiger partial charge in [0.1, 0.15) is 4.90 Å². The molecular formula is C20H25ClN2O2S. The third kappa shape index (κ3) is 3.61. The molecule has 1 aliphatic heterocycles.